The van der Waals surface area contributed by atoms with Crippen LogP contribution in [0.3, 0.4) is 0 Å². The summed E-state index contributed by atoms with van der Waals surface area (Å²) in [7, 11) is 1.89. The Labute approximate surface area is 91.1 Å². The van der Waals surface area contributed by atoms with Gasteiger partial charge in [-0.3, -0.25) is 4.98 Å². The van der Waals surface area contributed by atoms with Crippen molar-refractivity contribution in [3.63, 3.8) is 0 Å². The molecule has 1 aromatic rings. The lowest BCUT2D eigenvalue weighted by atomic mass is 10.3. The molecule has 0 aliphatic heterocycles. The quantitative estimate of drug-likeness (QED) is 0.695. The maximum absolute atomic E-state index is 5.45. The lowest BCUT2D eigenvalue weighted by Gasteiger charge is -2.04. The maximum atomic E-state index is 5.45. The van der Waals surface area contributed by atoms with Crippen LogP contribution in [0, 0.1) is 0 Å². The molecule has 0 unspecified atom stereocenters. The zero-order valence-electron chi connectivity index (χ0n) is 9.49. The van der Waals surface area contributed by atoms with Gasteiger partial charge in [0.05, 0.1) is 24.7 Å². The minimum Gasteiger partial charge on any atom is -0.477 e. The third-order valence-corrected chi connectivity index (χ3v) is 2.04. The van der Waals surface area contributed by atoms with E-state index in [0.29, 0.717) is 5.88 Å². The number of hydrogen-bond donors (Lipinski definition) is 1. The molecule has 0 fully saturated rings. The normalized spacial score (nSPS) is 10.3. The summed E-state index contributed by atoms with van der Waals surface area (Å²) in [6.45, 7) is 3.64. The first-order valence-corrected chi connectivity index (χ1v) is 5.45. The Morgan fingerprint density at radius 1 is 1.27 bits per heavy atom. The Balaban J connectivity index is 2.29. The number of hydrogen-bond acceptors (Lipinski definition) is 4. The largest absolute Gasteiger partial charge is 0.477 e. The highest BCUT2D eigenvalue weighted by molar-refractivity contribution is 5.06. The Hall–Kier alpha value is -1.16. The van der Waals surface area contributed by atoms with Crippen molar-refractivity contribution in [3.05, 3.63) is 18.1 Å². The first-order chi connectivity index (χ1) is 7.36. The minimum absolute atomic E-state index is 0.617. The molecule has 0 atom stereocenters. The van der Waals surface area contributed by atoms with Gasteiger partial charge in [-0.05, 0) is 13.5 Å². The molecule has 0 saturated carbocycles. The fourth-order valence-electron chi connectivity index (χ4n) is 1.22. The Kier molecular flexibility index (Phi) is 5.70. The fourth-order valence-corrected chi connectivity index (χ4v) is 1.22. The Morgan fingerprint density at radius 3 is 2.73 bits per heavy atom. The van der Waals surface area contributed by atoms with Gasteiger partial charge >= 0.3 is 0 Å². The fraction of sp³-hybridized carbons (Fsp3) is 0.636. The summed E-state index contributed by atoms with van der Waals surface area (Å²) in [6, 6.07) is 0. The SMILES string of the molecule is CCCCCOc1cnc(CNC)cn1. The van der Waals surface area contributed by atoms with Gasteiger partial charge in [0.25, 0.3) is 0 Å². The van der Waals surface area contributed by atoms with Crippen LogP contribution in [0.15, 0.2) is 12.4 Å². The number of nitrogens with zero attached hydrogens (tertiary/aromatic N) is 2. The van der Waals surface area contributed by atoms with Crippen molar-refractivity contribution in [1.29, 1.82) is 0 Å². The molecule has 1 N–H and O–H groups in total. The highest BCUT2D eigenvalue weighted by atomic mass is 16.5. The molecule has 1 heterocycles. The van der Waals surface area contributed by atoms with Crippen LogP contribution in [0.25, 0.3) is 0 Å². The molecule has 0 aliphatic rings. The molecular weight excluding hydrogens is 190 g/mol. The summed E-state index contributed by atoms with van der Waals surface area (Å²) >= 11 is 0. The topological polar surface area (TPSA) is 47.0 Å². The first-order valence-electron chi connectivity index (χ1n) is 5.45. The summed E-state index contributed by atoms with van der Waals surface area (Å²) in [5.74, 6) is 0.617. The molecular formula is C11H19N3O. The zero-order chi connectivity index (χ0) is 10.9. The molecule has 0 aliphatic carbocycles. The summed E-state index contributed by atoms with van der Waals surface area (Å²) in [5, 5.41) is 3.02. The van der Waals surface area contributed by atoms with Crippen molar-refractivity contribution in [3.8, 4) is 5.88 Å². The summed E-state index contributed by atoms with van der Waals surface area (Å²) in [4.78, 5) is 8.39. The number of rotatable bonds is 7. The van der Waals surface area contributed by atoms with Crippen molar-refractivity contribution in [2.45, 2.75) is 32.7 Å². The van der Waals surface area contributed by atoms with E-state index in [0.717, 1.165) is 25.3 Å². The third-order valence-electron chi connectivity index (χ3n) is 2.04. The van der Waals surface area contributed by atoms with Gasteiger partial charge in [0.15, 0.2) is 0 Å². The van der Waals surface area contributed by atoms with Crippen molar-refractivity contribution in [1.82, 2.24) is 15.3 Å². The number of nitrogens with one attached hydrogen (secondary N) is 1. The van der Waals surface area contributed by atoms with Crippen LogP contribution in [0.2, 0.25) is 0 Å². The van der Waals surface area contributed by atoms with E-state index in [-0.39, 0.29) is 0 Å². The van der Waals surface area contributed by atoms with Gasteiger partial charge in [-0.15, -0.1) is 0 Å². The van der Waals surface area contributed by atoms with E-state index in [1.54, 1.807) is 12.4 Å². The highest BCUT2D eigenvalue weighted by Crippen LogP contribution is 2.05. The van der Waals surface area contributed by atoms with Crippen LogP contribution in [0.1, 0.15) is 31.9 Å². The van der Waals surface area contributed by atoms with Crippen LogP contribution in [0.4, 0.5) is 0 Å². The smallest absolute Gasteiger partial charge is 0.232 e. The van der Waals surface area contributed by atoms with Gasteiger partial charge < -0.3 is 10.1 Å². The number of unbranched alkanes of at least 4 members (excludes halogenated alkanes) is 2. The molecule has 4 heteroatoms. The van der Waals surface area contributed by atoms with E-state index >= 15 is 0 Å². The molecule has 0 aromatic carbocycles. The average molecular weight is 209 g/mol. The van der Waals surface area contributed by atoms with Gasteiger partial charge in [0.1, 0.15) is 0 Å². The lowest BCUT2D eigenvalue weighted by Crippen LogP contribution is -2.07. The molecule has 15 heavy (non-hydrogen) atoms. The van der Waals surface area contributed by atoms with Gasteiger partial charge in [-0.1, -0.05) is 19.8 Å². The summed E-state index contributed by atoms with van der Waals surface area (Å²) in [6.07, 6.45) is 6.90. The Bertz CT molecular complexity index is 261. The molecule has 0 saturated heterocycles. The van der Waals surface area contributed by atoms with Gasteiger partial charge in [0.2, 0.25) is 5.88 Å². The van der Waals surface area contributed by atoms with Crippen LogP contribution >= 0.6 is 0 Å². The van der Waals surface area contributed by atoms with Gasteiger partial charge in [-0.2, -0.15) is 0 Å². The van der Waals surface area contributed by atoms with E-state index in [1.165, 1.54) is 12.8 Å². The van der Waals surface area contributed by atoms with Crippen LogP contribution in [-0.2, 0) is 6.54 Å². The predicted octanol–water partition coefficient (Wildman–Crippen LogP) is 1.76. The average Bonchev–Trinajstić information content (AvgIpc) is 2.27. The second-order valence-electron chi connectivity index (χ2n) is 3.43. The molecule has 4 nitrogen and oxygen atoms in total. The molecule has 0 amide bonds. The zero-order valence-corrected chi connectivity index (χ0v) is 9.49. The van der Waals surface area contributed by atoms with Crippen molar-refractivity contribution < 1.29 is 4.74 Å². The van der Waals surface area contributed by atoms with Crippen LogP contribution in [0.5, 0.6) is 5.88 Å². The molecule has 0 radical (unpaired) electrons. The second-order valence-corrected chi connectivity index (χ2v) is 3.43. The highest BCUT2D eigenvalue weighted by Gasteiger charge is 1.97. The van der Waals surface area contributed by atoms with Crippen molar-refractivity contribution >= 4 is 0 Å². The first kappa shape index (κ1) is 11.9. The van der Waals surface area contributed by atoms with E-state index in [1.807, 2.05) is 7.05 Å². The van der Waals surface area contributed by atoms with Crippen molar-refractivity contribution in [2.24, 2.45) is 0 Å². The number of aromatic nitrogens is 2. The van der Waals surface area contributed by atoms with Gasteiger partial charge in [-0.25, -0.2) is 4.98 Å². The van der Waals surface area contributed by atoms with E-state index < -0.39 is 0 Å². The standard InChI is InChI=1S/C11H19N3O/c1-3-4-5-6-15-11-9-13-10(7-12-2)8-14-11/h8-9,12H,3-7H2,1-2H3. The van der Waals surface area contributed by atoms with Gasteiger partial charge in [0, 0.05) is 6.54 Å². The van der Waals surface area contributed by atoms with E-state index in [9.17, 15) is 0 Å². The van der Waals surface area contributed by atoms with Crippen LogP contribution < -0.4 is 10.1 Å². The third kappa shape index (κ3) is 4.74. The van der Waals surface area contributed by atoms with E-state index in [4.69, 9.17) is 4.74 Å². The molecule has 84 valence electrons. The Morgan fingerprint density at radius 2 is 2.13 bits per heavy atom. The predicted molar refractivity (Wildman–Crippen MR) is 59.8 cm³/mol. The van der Waals surface area contributed by atoms with Crippen molar-refractivity contribution in [2.75, 3.05) is 13.7 Å². The molecule has 1 rings (SSSR count). The second kappa shape index (κ2) is 7.17. The lowest BCUT2D eigenvalue weighted by molar-refractivity contribution is 0.293. The molecule has 0 bridgehead atoms. The van der Waals surface area contributed by atoms with E-state index in [2.05, 4.69) is 22.2 Å². The summed E-state index contributed by atoms with van der Waals surface area (Å²) < 4.78 is 5.45. The molecule has 1 aromatic heterocycles. The van der Waals surface area contributed by atoms with Crippen LogP contribution in [-0.4, -0.2) is 23.6 Å². The monoisotopic (exact) mass is 209 g/mol. The number of ether oxygens (including phenoxy) is 1. The summed E-state index contributed by atoms with van der Waals surface area (Å²) in [5.41, 5.74) is 0.929. The molecule has 0 spiro atoms. The minimum atomic E-state index is 0.617. The maximum Gasteiger partial charge on any atom is 0.232 e.